The molecule has 20 heavy (non-hydrogen) atoms. The molecule has 1 fully saturated rings. The van der Waals surface area contributed by atoms with Crippen molar-refractivity contribution in [2.24, 2.45) is 5.92 Å². The maximum absolute atomic E-state index is 5.93. The predicted octanol–water partition coefficient (Wildman–Crippen LogP) is 3.71. The SMILES string of the molecule is CCNCc1cc(CN2CCCC(CC)CC2)oc1C. The molecule has 2 heterocycles. The van der Waals surface area contributed by atoms with Crippen molar-refractivity contribution < 1.29 is 4.42 Å². The third kappa shape index (κ3) is 4.35. The molecular weight excluding hydrogens is 248 g/mol. The van der Waals surface area contributed by atoms with Gasteiger partial charge in [0, 0.05) is 12.1 Å². The first kappa shape index (κ1) is 15.6. The van der Waals surface area contributed by atoms with Crippen molar-refractivity contribution in [3.63, 3.8) is 0 Å². The molecule has 1 unspecified atom stereocenters. The van der Waals surface area contributed by atoms with Gasteiger partial charge in [0.15, 0.2) is 0 Å². The Morgan fingerprint density at radius 3 is 2.90 bits per heavy atom. The van der Waals surface area contributed by atoms with Gasteiger partial charge in [0.05, 0.1) is 6.54 Å². The van der Waals surface area contributed by atoms with Crippen LogP contribution in [0.3, 0.4) is 0 Å². The zero-order valence-corrected chi connectivity index (χ0v) is 13.4. The van der Waals surface area contributed by atoms with E-state index >= 15 is 0 Å². The largest absolute Gasteiger partial charge is 0.465 e. The molecule has 3 heteroatoms. The van der Waals surface area contributed by atoms with E-state index in [-0.39, 0.29) is 0 Å². The van der Waals surface area contributed by atoms with Crippen LogP contribution in [0.1, 0.15) is 56.6 Å². The van der Waals surface area contributed by atoms with E-state index in [0.717, 1.165) is 37.1 Å². The molecule has 1 N–H and O–H groups in total. The summed E-state index contributed by atoms with van der Waals surface area (Å²) in [6, 6.07) is 2.24. The molecular formula is C17H30N2O. The molecule has 3 nitrogen and oxygen atoms in total. The summed E-state index contributed by atoms with van der Waals surface area (Å²) in [6.45, 7) is 11.9. The van der Waals surface area contributed by atoms with E-state index in [9.17, 15) is 0 Å². The van der Waals surface area contributed by atoms with Crippen molar-refractivity contribution in [1.29, 1.82) is 0 Å². The molecule has 0 aromatic carbocycles. The summed E-state index contributed by atoms with van der Waals surface area (Å²) in [7, 11) is 0. The molecule has 0 bridgehead atoms. The highest BCUT2D eigenvalue weighted by atomic mass is 16.3. The number of furan rings is 1. The van der Waals surface area contributed by atoms with Gasteiger partial charge in [-0.05, 0) is 57.8 Å². The second-order valence-electron chi connectivity index (χ2n) is 6.06. The number of nitrogens with zero attached hydrogens (tertiary/aromatic N) is 1. The summed E-state index contributed by atoms with van der Waals surface area (Å²) in [6.07, 6.45) is 5.42. The molecule has 0 spiro atoms. The summed E-state index contributed by atoms with van der Waals surface area (Å²) in [4.78, 5) is 2.56. The molecule has 0 radical (unpaired) electrons. The van der Waals surface area contributed by atoms with Gasteiger partial charge in [-0.15, -0.1) is 0 Å². The van der Waals surface area contributed by atoms with E-state index in [1.54, 1.807) is 0 Å². The van der Waals surface area contributed by atoms with Crippen molar-refractivity contribution in [1.82, 2.24) is 10.2 Å². The minimum Gasteiger partial charge on any atom is -0.465 e. The third-order valence-corrected chi connectivity index (χ3v) is 4.53. The van der Waals surface area contributed by atoms with Gasteiger partial charge in [0.1, 0.15) is 11.5 Å². The molecule has 0 aliphatic carbocycles. The minimum atomic E-state index is 0.920. The van der Waals surface area contributed by atoms with Gasteiger partial charge in [-0.1, -0.05) is 20.3 Å². The Morgan fingerprint density at radius 2 is 2.15 bits per heavy atom. The first-order valence-corrected chi connectivity index (χ1v) is 8.24. The summed E-state index contributed by atoms with van der Waals surface area (Å²) < 4.78 is 5.93. The van der Waals surface area contributed by atoms with E-state index in [1.165, 1.54) is 44.3 Å². The van der Waals surface area contributed by atoms with Crippen LogP contribution < -0.4 is 5.32 Å². The molecule has 1 aromatic heterocycles. The second-order valence-corrected chi connectivity index (χ2v) is 6.06. The highest BCUT2D eigenvalue weighted by Crippen LogP contribution is 2.22. The summed E-state index contributed by atoms with van der Waals surface area (Å²) in [5.74, 6) is 3.13. The average molecular weight is 278 g/mol. The van der Waals surface area contributed by atoms with Crippen LogP contribution in [0.4, 0.5) is 0 Å². The third-order valence-electron chi connectivity index (χ3n) is 4.53. The number of nitrogens with one attached hydrogen (secondary N) is 1. The van der Waals surface area contributed by atoms with Crippen LogP contribution in [0.2, 0.25) is 0 Å². The Morgan fingerprint density at radius 1 is 1.30 bits per heavy atom. The molecule has 2 rings (SSSR count). The highest BCUT2D eigenvalue weighted by molar-refractivity contribution is 5.20. The Bertz CT molecular complexity index is 400. The highest BCUT2D eigenvalue weighted by Gasteiger charge is 2.17. The molecule has 0 saturated carbocycles. The fourth-order valence-corrected chi connectivity index (χ4v) is 3.11. The second kappa shape index (κ2) is 7.84. The number of hydrogen-bond donors (Lipinski definition) is 1. The van der Waals surface area contributed by atoms with Crippen molar-refractivity contribution >= 4 is 0 Å². The van der Waals surface area contributed by atoms with Gasteiger partial charge in [0.25, 0.3) is 0 Å². The van der Waals surface area contributed by atoms with Crippen LogP contribution in [0.25, 0.3) is 0 Å². The predicted molar refractivity (Wildman–Crippen MR) is 83.7 cm³/mol. The fourth-order valence-electron chi connectivity index (χ4n) is 3.11. The summed E-state index contributed by atoms with van der Waals surface area (Å²) in [5.41, 5.74) is 1.31. The van der Waals surface area contributed by atoms with Gasteiger partial charge in [0.2, 0.25) is 0 Å². The normalized spacial score (nSPS) is 21.1. The zero-order valence-electron chi connectivity index (χ0n) is 13.4. The van der Waals surface area contributed by atoms with Crippen molar-refractivity contribution in [3.8, 4) is 0 Å². The molecule has 0 amide bonds. The lowest BCUT2D eigenvalue weighted by atomic mass is 9.98. The van der Waals surface area contributed by atoms with Crippen LogP contribution in [0.5, 0.6) is 0 Å². The Hall–Kier alpha value is -0.800. The van der Waals surface area contributed by atoms with Crippen molar-refractivity contribution in [3.05, 3.63) is 23.2 Å². The monoisotopic (exact) mass is 278 g/mol. The topological polar surface area (TPSA) is 28.4 Å². The summed E-state index contributed by atoms with van der Waals surface area (Å²) >= 11 is 0. The average Bonchev–Trinajstić information content (AvgIpc) is 2.64. The van der Waals surface area contributed by atoms with E-state index in [4.69, 9.17) is 4.42 Å². The van der Waals surface area contributed by atoms with Gasteiger partial charge in [-0.3, -0.25) is 4.90 Å². The smallest absolute Gasteiger partial charge is 0.118 e. The number of likely N-dealkylation sites (tertiary alicyclic amines) is 1. The Kier molecular flexibility index (Phi) is 6.11. The number of rotatable bonds is 6. The first-order valence-electron chi connectivity index (χ1n) is 8.24. The lowest BCUT2D eigenvalue weighted by Crippen LogP contribution is -2.24. The van der Waals surface area contributed by atoms with Crippen LogP contribution in [-0.4, -0.2) is 24.5 Å². The number of hydrogen-bond acceptors (Lipinski definition) is 3. The van der Waals surface area contributed by atoms with E-state index in [0.29, 0.717) is 0 Å². The van der Waals surface area contributed by atoms with Crippen LogP contribution >= 0.6 is 0 Å². The van der Waals surface area contributed by atoms with Crippen LogP contribution in [0.15, 0.2) is 10.5 Å². The lowest BCUT2D eigenvalue weighted by molar-refractivity contribution is 0.247. The van der Waals surface area contributed by atoms with Crippen molar-refractivity contribution in [2.75, 3.05) is 19.6 Å². The van der Waals surface area contributed by atoms with Gasteiger partial charge < -0.3 is 9.73 Å². The van der Waals surface area contributed by atoms with Gasteiger partial charge in [-0.2, -0.15) is 0 Å². The summed E-state index contributed by atoms with van der Waals surface area (Å²) in [5, 5.41) is 3.37. The molecule has 1 atom stereocenters. The van der Waals surface area contributed by atoms with Gasteiger partial charge in [-0.25, -0.2) is 0 Å². The Labute approximate surface area is 123 Å². The van der Waals surface area contributed by atoms with Crippen LogP contribution in [-0.2, 0) is 13.1 Å². The molecule has 1 aliphatic heterocycles. The zero-order chi connectivity index (χ0) is 14.4. The quantitative estimate of drug-likeness (QED) is 0.860. The lowest BCUT2D eigenvalue weighted by Gasteiger charge is -2.18. The fraction of sp³-hybridized carbons (Fsp3) is 0.765. The molecule has 114 valence electrons. The first-order chi connectivity index (χ1) is 9.72. The van der Waals surface area contributed by atoms with E-state index in [2.05, 4.69) is 37.1 Å². The maximum atomic E-state index is 5.93. The van der Waals surface area contributed by atoms with E-state index < -0.39 is 0 Å². The standard InChI is InChI=1S/C17H30N2O/c1-4-15-7-6-9-19(10-8-15)13-17-11-16(12-18-5-2)14(3)20-17/h11,15,18H,4-10,12-13H2,1-3H3. The minimum absolute atomic E-state index is 0.920. The molecule has 1 aromatic rings. The van der Waals surface area contributed by atoms with Crippen LogP contribution in [0, 0.1) is 12.8 Å². The van der Waals surface area contributed by atoms with Crippen molar-refractivity contribution in [2.45, 2.75) is 59.5 Å². The van der Waals surface area contributed by atoms with Gasteiger partial charge >= 0.3 is 0 Å². The maximum Gasteiger partial charge on any atom is 0.118 e. The molecule has 1 aliphatic rings. The Balaban J connectivity index is 1.89. The molecule has 1 saturated heterocycles. The van der Waals surface area contributed by atoms with E-state index in [1.807, 2.05) is 0 Å². The number of aryl methyl sites for hydroxylation is 1.